The second kappa shape index (κ2) is 13.7. The maximum absolute atomic E-state index is 12.7. The Morgan fingerprint density at radius 3 is 2.30 bits per heavy atom. The number of nitrogens with zero attached hydrogens (tertiary/aromatic N) is 4. The number of methoxy groups -OCH3 is 3. The van der Waals surface area contributed by atoms with E-state index in [0.29, 0.717) is 45.4 Å². The molecule has 4 rings (SSSR count). The molecule has 4 aromatic rings. The summed E-state index contributed by atoms with van der Waals surface area (Å²) >= 11 is 7.32. The Balaban J connectivity index is 1.51. The van der Waals surface area contributed by atoms with Crippen molar-refractivity contribution in [3.8, 4) is 40.1 Å². The number of benzene rings is 3. The number of thioether (sulfide) groups is 1. The van der Waals surface area contributed by atoms with Crippen molar-refractivity contribution < 1.29 is 23.7 Å². The van der Waals surface area contributed by atoms with Gasteiger partial charge in [0.15, 0.2) is 22.5 Å². The highest BCUT2D eigenvalue weighted by molar-refractivity contribution is 7.99. The summed E-state index contributed by atoms with van der Waals surface area (Å²) in [5.41, 5.74) is 4.79. The van der Waals surface area contributed by atoms with E-state index in [2.05, 4.69) is 20.7 Å². The van der Waals surface area contributed by atoms with Crippen LogP contribution in [0, 0.1) is 0 Å². The average Bonchev–Trinajstić information content (AvgIpc) is 3.40. The molecule has 0 atom stereocenters. The van der Waals surface area contributed by atoms with Gasteiger partial charge in [0.25, 0.3) is 5.91 Å². The van der Waals surface area contributed by atoms with Crippen LogP contribution in [0.3, 0.4) is 0 Å². The molecule has 0 aliphatic carbocycles. The van der Waals surface area contributed by atoms with Gasteiger partial charge in [0.1, 0.15) is 11.5 Å². The van der Waals surface area contributed by atoms with Crippen LogP contribution in [0.5, 0.6) is 23.0 Å². The Labute approximate surface area is 241 Å². The van der Waals surface area contributed by atoms with Gasteiger partial charge in [0, 0.05) is 27.9 Å². The number of halogens is 1. The van der Waals surface area contributed by atoms with Crippen LogP contribution >= 0.6 is 23.4 Å². The molecule has 1 aromatic heterocycles. The Morgan fingerprint density at radius 2 is 1.65 bits per heavy atom. The number of carbonyl (C=O) groups excluding carboxylic acids is 1. The van der Waals surface area contributed by atoms with Crippen LogP contribution in [0.1, 0.15) is 12.5 Å². The molecule has 1 heterocycles. The van der Waals surface area contributed by atoms with Crippen LogP contribution in [-0.4, -0.2) is 60.6 Å². The van der Waals surface area contributed by atoms with E-state index in [1.54, 1.807) is 24.3 Å². The van der Waals surface area contributed by atoms with Gasteiger partial charge in [-0.15, -0.1) is 10.2 Å². The third-order valence-corrected chi connectivity index (χ3v) is 6.78. The van der Waals surface area contributed by atoms with E-state index >= 15 is 0 Å². The van der Waals surface area contributed by atoms with E-state index in [1.807, 2.05) is 47.9 Å². The van der Waals surface area contributed by atoms with Gasteiger partial charge in [0.05, 0.1) is 39.9 Å². The fraction of sp³-hybridized carbons (Fsp3) is 0.214. The van der Waals surface area contributed by atoms with Gasteiger partial charge in [-0.1, -0.05) is 23.4 Å². The molecular weight excluding hydrogens is 554 g/mol. The number of nitrogens with one attached hydrogen (secondary N) is 1. The van der Waals surface area contributed by atoms with Crippen molar-refractivity contribution in [2.24, 2.45) is 5.10 Å². The highest BCUT2D eigenvalue weighted by atomic mass is 35.5. The van der Waals surface area contributed by atoms with E-state index in [0.717, 1.165) is 17.0 Å². The minimum absolute atomic E-state index is 0.0518. The molecule has 0 aliphatic rings. The van der Waals surface area contributed by atoms with Gasteiger partial charge < -0.3 is 18.9 Å². The van der Waals surface area contributed by atoms with Gasteiger partial charge in [0.2, 0.25) is 0 Å². The standard InChI is InChI=1S/C28H28ClN5O5S/c1-5-39-22-12-10-21(11-13-22)34-27(18-6-8-20(29)9-7-18)32-33-28(34)40-17-26(35)31-30-16-19-14-24(37-3)25(38-4)15-23(19)36-2/h6-16H,5,17H2,1-4H3,(H,31,35). The lowest BCUT2D eigenvalue weighted by atomic mass is 10.2. The summed E-state index contributed by atoms with van der Waals surface area (Å²) in [5, 5.41) is 14.0. The van der Waals surface area contributed by atoms with Crippen molar-refractivity contribution in [3.63, 3.8) is 0 Å². The smallest absolute Gasteiger partial charge is 0.250 e. The van der Waals surface area contributed by atoms with Crippen molar-refractivity contribution in [2.75, 3.05) is 33.7 Å². The lowest BCUT2D eigenvalue weighted by Gasteiger charge is -2.12. The van der Waals surface area contributed by atoms with Crippen LogP contribution in [0.25, 0.3) is 17.1 Å². The Bertz CT molecular complexity index is 1480. The molecule has 40 heavy (non-hydrogen) atoms. The molecule has 3 aromatic carbocycles. The normalized spacial score (nSPS) is 10.9. The highest BCUT2D eigenvalue weighted by Crippen LogP contribution is 2.34. The molecule has 10 nitrogen and oxygen atoms in total. The SMILES string of the molecule is CCOc1ccc(-n2c(SCC(=O)NN=Cc3cc(OC)c(OC)cc3OC)nnc2-c2ccc(Cl)cc2)cc1. The number of hydrogen-bond acceptors (Lipinski definition) is 9. The number of aromatic nitrogens is 3. The monoisotopic (exact) mass is 581 g/mol. The average molecular weight is 582 g/mol. The maximum atomic E-state index is 12.7. The first-order valence-corrected chi connectivity index (χ1v) is 13.5. The molecule has 1 amide bonds. The number of hydrogen-bond donors (Lipinski definition) is 1. The number of hydrazone groups is 1. The zero-order valence-electron chi connectivity index (χ0n) is 22.4. The lowest BCUT2D eigenvalue weighted by molar-refractivity contribution is -0.118. The van der Waals surface area contributed by atoms with Crippen molar-refractivity contribution in [3.05, 3.63) is 71.2 Å². The number of carbonyl (C=O) groups is 1. The Hall–Kier alpha value is -4.22. The fourth-order valence-corrected chi connectivity index (χ4v) is 4.60. The minimum Gasteiger partial charge on any atom is -0.496 e. The van der Waals surface area contributed by atoms with E-state index in [9.17, 15) is 4.79 Å². The van der Waals surface area contributed by atoms with Crippen molar-refractivity contribution in [1.29, 1.82) is 0 Å². The largest absolute Gasteiger partial charge is 0.496 e. The van der Waals surface area contributed by atoms with E-state index in [4.69, 9.17) is 30.5 Å². The summed E-state index contributed by atoms with van der Waals surface area (Å²) < 4.78 is 23.5. The number of amides is 1. The van der Waals surface area contributed by atoms with E-state index < -0.39 is 0 Å². The molecule has 0 saturated heterocycles. The van der Waals surface area contributed by atoms with E-state index in [-0.39, 0.29) is 11.7 Å². The molecule has 0 unspecified atom stereocenters. The zero-order chi connectivity index (χ0) is 28.5. The van der Waals surface area contributed by atoms with Crippen LogP contribution < -0.4 is 24.4 Å². The molecule has 1 N–H and O–H groups in total. The summed E-state index contributed by atoms with van der Waals surface area (Å²) in [5.74, 6) is 2.64. The lowest BCUT2D eigenvalue weighted by Crippen LogP contribution is -2.20. The van der Waals surface area contributed by atoms with Crippen molar-refractivity contribution in [2.45, 2.75) is 12.1 Å². The summed E-state index contributed by atoms with van der Waals surface area (Å²) in [4.78, 5) is 12.7. The second-order valence-corrected chi connectivity index (χ2v) is 9.49. The van der Waals surface area contributed by atoms with Gasteiger partial charge in [-0.2, -0.15) is 5.10 Å². The minimum atomic E-state index is -0.324. The number of ether oxygens (including phenoxy) is 4. The maximum Gasteiger partial charge on any atom is 0.250 e. The molecule has 0 radical (unpaired) electrons. The first-order chi connectivity index (χ1) is 19.5. The van der Waals surface area contributed by atoms with Crippen LogP contribution in [0.4, 0.5) is 0 Å². The van der Waals surface area contributed by atoms with Gasteiger partial charge in [-0.3, -0.25) is 9.36 Å². The molecule has 0 fully saturated rings. The molecule has 0 bridgehead atoms. The van der Waals surface area contributed by atoms with Crippen molar-refractivity contribution >= 4 is 35.5 Å². The van der Waals surface area contributed by atoms with Crippen LogP contribution in [0.2, 0.25) is 5.02 Å². The molecule has 0 spiro atoms. The summed E-state index contributed by atoms with van der Waals surface area (Å²) in [7, 11) is 4.61. The Morgan fingerprint density at radius 1 is 0.975 bits per heavy atom. The molecule has 0 aliphatic heterocycles. The van der Waals surface area contributed by atoms with E-state index in [1.165, 1.54) is 39.3 Å². The predicted octanol–water partition coefficient (Wildman–Crippen LogP) is 5.25. The second-order valence-electron chi connectivity index (χ2n) is 8.11. The van der Waals surface area contributed by atoms with Gasteiger partial charge in [-0.25, -0.2) is 5.43 Å². The number of rotatable bonds is 12. The quantitative estimate of drug-likeness (QED) is 0.137. The highest BCUT2D eigenvalue weighted by Gasteiger charge is 2.18. The summed E-state index contributed by atoms with van der Waals surface area (Å²) in [6.07, 6.45) is 1.48. The zero-order valence-corrected chi connectivity index (χ0v) is 24.0. The predicted molar refractivity (Wildman–Crippen MR) is 156 cm³/mol. The fourth-order valence-electron chi connectivity index (χ4n) is 3.73. The molecule has 12 heteroatoms. The summed E-state index contributed by atoms with van der Waals surface area (Å²) in [6.45, 7) is 2.50. The van der Waals surface area contributed by atoms with Crippen LogP contribution in [-0.2, 0) is 4.79 Å². The van der Waals surface area contributed by atoms with Gasteiger partial charge in [-0.05, 0) is 61.5 Å². The van der Waals surface area contributed by atoms with Gasteiger partial charge >= 0.3 is 0 Å². The van der Waals surface area contributed by atoms with Crippen molar-refractivity contribution in [1.82, 2.24) is 20.2 Å². The topological polar surface area (TPSA) is 109 Å². The third kappa shape index (κ3) is 6.85. The summed E-state index contributed by atoms with van der Waals surface area (Å²) in [6, 6.07) is 18.3. The third-order valence-electron chi connectivity index (χ3n) is 5.60. The van der Waals surface area contributed by atoms with Crippen LogP contribution in [0.15, 0.2) is 70.9 Å². The molecular formula is C28H28ClN5O5S. The Kier molecular flexibility index (Phi) is 9.87. The molecule has 0 saturated carbocycles. The molecule has 208 valence electrons. The first kappa shape index (κ1) is 28.8. The first-order valence-electron chi connectivity index (χ1n) is 12.2.